The van der Waals surface area contributed by atoms with Crippen molar-refractivity contribution in [3.05, 3.63) is 47.0 Å². The minimum atomic E-state index is 0. The third-order valence-electron chi connectivity index (χ3n) is 4.37. The summed E-state index contributed by atoms with van der Waals surface area (Å²) < 4.78 is 0.684. The van der Waals surface area contributed by atoms with E-state index < -0.39 is 0 Å². The number of hydrogen-bond acceptors (Lipinski definition) is 4. The number of azo groups is 1. The van der Waals surface area contributed by atoms with Gasteiger partial charge in [-0.05, 0) is 43.7 Å². The van der Waals surface area contributed by atoms with Crippen LogP contribution in [0.15, 0.2) is 46.6 Å². The van der Waals surface area contributed by atoms with E-state index in [0.717, 1.165) is 35.7 Å². The molecule has 0 amide bonds. The first-order chi connectivity index (χ1) is 12.8. The van der Waals surface area contributed by atoms with Crippen LogP contribution < -0.4 is 21.8 Å². The van der Waals surface area contributed by atoms with Crippen molar-refractivity contribution in [1.29, 1.82) is 5.26 Å². The lowest BCUT2D eigenvalue weighted by Gasteiger charge is -2.24. The Morgan fingerprint density at radius 3 is 2.39 bits per heavy atom. The fourth-order valence-electron chi connectivity index (χ4n) is 2.80. The number of benzene rings is 2. The van der Waals surface area contributed by atoms with Gasteiger partial charge in [0.1, 0.15) is 11.4 Å². The molecule has 0 aliphatic rings. The molecule has 0 fully saturated rings. The van der Waals surface area contributed by atoms with E-state index in [1.165, 1.54) is 0 Å². The number of hydrogen-bond donors (Lipinski definition) is 0. The normalized spacial score (nSPS) is 11.2. The topological polar surface area (TPSA) is 51.8 Å². The summed E-state index contributed by atoms with van der Waals surface area (Å²) >= 11 is 6.28. The molecule has 0 atom stereocenters. The Kier molecular flexibility index (Phi) is 8.90. The van der Waals surface area contributed by atoms with Crippen molar-refractivity contribution >= 4 is 34.4 Å². The molecular formula is C21H27Cl2N5. The molecule has 0 heterocycles. The lowest BCUT2D eigenvalue weighted by atomic mass is 10.1. The molecule has 0 saturated carbocycles. The van der Waals surface area contributed by atoms with Crippen LogP contribution >= 0.6 is 11.6 Å². The second-order valence-corrected chi connectivity index (χ2v) is 7.71. The quantitative estimate of drug-likeness (QED) is 0.511. The number of quaternary nitrogens is 1. The first-order valence-electron chi connectivity index (χ1n) is 9.02. The highest BCUT2D eigenvalue weighted by molar-refractivity contribution is 6.33. The van der Waals surface area contributed by atoms with Crippen molar-refractivity contribution in [1.82, 2.24) is 4.48 Å². The van der Waals surface area contributed by atoms with Crippen LogP contribution in [0.1, 0.15) is 18.9 Å². The molecule has 28 heavy (non-hydrogen) atoms. The molecule has 0 radical (unpaired) electrons. The van der Waals surface area contributed by atoms with E-state index in [9.17, 15) is 0 Å². The van der Waals surface area contributed by atoms with Gasteiger partial charge in [0, 0.05) is 30.9 Å². The second-order valence-electron chi connectivity index (χ2n) is 7.31. The number of nitriles is 1. The number of rotatable bonds is 7. The monoisotopic (exact) mass is 419 g/mol. The molecule has 150 valence electrons. The molecular weight excluding hydrogens is 393 g/mol. The van der Waals surface area contributed by atoms with Gasteiger partial charge in [0.05, 0.1) is 44.3 Å². The molecule has 2 rings (SSSR count). The lowest BCUT2D eigenvalue weighted by Crippen LogP contribution is -3.00. The third-order valence-corrected chi connectivity index (χ3v) is 4.69. The summed E-state index contributed by atoms with van der Waals surface area (Å²) in [5.74, 6) is 0. The van der Waals surface area contributed by atoms with Gasteiger partial charge < -0.3 is 17.3 Å². The van der Waals surface area contributed by atoms with E-state index in [1.807, 2.05) is 43.3 Å². The average Bonchev–Trinajstić information content (AvgIpc) is 2.62. The minimum absolute atomic E-state index is 0. The van der Waals surface area contributed by atoms with Gasteiger partial charge in [0.2, 0.25) is 0 Å². The van der Waals surface area contributed by atoms with E-state index in [-0.39, 0.29) is 12.4 Å². The van der Waals surface area contributed by atoms with Crippen LogP contribution in [0.25, 0.3) is 0 Å². The van der Waals surface area contributed by atoms with Gasteiger partial charge in [-0.25, -0.2) is 0 Å². The van der Waals surface area contributed by atoms with Crippen LogP contribution in [0.2, 0.25) is 5.02 Å². The van der Waals surface area contributed by atoms with E-state index in [1.54, 1.807) is 0 Å². The predicted octanol–water partition coefficient (Wildman–Crippen LogP) is 3.00. The summed E-state index contributed by atoms with van der Waals surface area (Å²) in [7, 11) is 6.29. The standard InChI is InChI=1S/C21H27ClN5.ClH/c1-6-26(13-7-12-23)21-11-8-17(14-16(21)2)24-25-20-15-18(27(3,4)5)9-10-19(20)22;/h8-11,14-15H,6-7,13H2,1-5H3;1H/q+1;/p-1. The Morgan fingerprint density at radius 1 is 1.11 bits per heavy atom. The van der Waals surface area contributed by atoms with Gasteiger partial charge >= 0.3 is 0 Å². The zero-order valence-corrected chi connectivity index (χ0v) is 18.6. The van der Waals surface area contributed by atoms with E-state index in [0.29, 0.717) is 21.6 Å². The van der Waals surface area contributed by atoms with Crippen molar-refractivity contribution in [2.75, 3.05) is 39.1 Å². The van der Waals surface area contributed by atoms with Gasteiger partial charge in [0.25, 0.3) is 0 Å². The van der Waals surface area contributed by atoms with E-state index in [4.69, 9.17) is 16.9 Å². The van der Waals surface area contributed by atoms with Crippen LogP contribution in [0.5, 0.6) is 0 Å². The van der Waals surface area contributed by atoms with Gasteiger partial charge in [-0.3, -0.25) is 4.48 Å². The average molecular weight is 420 g/mol. The summed E-state index contributed by atoms with van der Waals surface area (Å²) in [6, 6.07) is 14.0. The Bertz CT molecular complexity index is 866. The Labute approximate surface area is 179 Å². The number of aryl methyl sites for hydroxylation is 1. The SMILES string of the molecule is CCN(CCC#N)c1ccc(N=Nc2cc([N+](C)(C)C)ccc2Cl)cc1C.[Cl-]. The number of anilines is 1. The first-order valence-corrected chi connectivity index (χ1v) is 9.40. The number of halogens is 2. The maximum atomic E-state index is 8.83. The summed E-state index contributed by atoms with van der Waals surface area (Å²) in [6.07, 6.45) is 0.510. The Morgan fingerprint density at radius 2 is 1.82 bits per heavy atom. The zero-order valence-electron chi connectivity index (χ0n) is 17.1. The van der Waals surface area contributed by atoms with Crippen LogP contribution in [0, 0.1) is 18.3 Å². The fourth-order valence-corrected chi connectivity index (χ4v) is 2.95. The fraction of sp³-hybridized carbons (Fsp3) is 0.381. The molecule has 0 N–H and O–H groups in total. The molecule has 0 bridgehead atoms. The molecule has 7 heteroatoms. The van der Waals surface area contributed by atoms with Gasteiger partial charge in [-0.15, -0.1) is 5.11 Å². The molecule has 5 nitrogen and oxygen atoms in total. The van der Waals surface area contributed by atoms with Crippen molar-refractivity contribution in [2.24, 2.45) is 10.2 Å². The van der Waals surface area contributed by atoms with Crippen LogP contribution in [0.4, 0.5) is 22.7 Å². The van der Waals surface area contributed by atoms with E-state index >= 15 is 0 Å². The molecule has 2 aromatic rings. The maximum absolute atomic E-state index is 8.83. The minimum Gasteiger partial charge on any atom is -1.00 e. The van der Waals surface area contributed by atoms with Crippen LogP contribution in [-0.2, 0) is 0 Å². The highest BCUT2D eigenvalue weighted by Crippen LogP contribution is 2.33. The summed E-state index contributed by atoms with van der Waals surface area (Å²) in [6.45, 7) is 5.72. The van der Waals surface area contributed by atoms with Crippen molar-refractivity contribution in [3.63, 3.8) is 0 Å². The molecule has 0 saturated heterocycles. The summed E-state index contributed by atoms with van der Waals surface area (Å²) in [5.41, 5.74) is 4.78. The van der Waals surface area contributed by atoms with Gasteiger partial charge in [-0.2, -0.15) is 10.4 Å². The summed E-state index contributed by atoms with van der Waals surface area (Å²) in [5, 5.41) is 18.1. The molecule has 0 unspecified atom stereocenters. The van der Waals surface area contributed by atoms with E-state index in [2.05, 4.69) is 49.3 Å². The smallest absolute Gasteiger partial charge is 0.134 e. The first kappa shape index (κ1) is 23.9. The highest BCUT2D eigenvalue weighted by Gasteiger charge is 2.14. The predicted molar refractivity (Wildman–Crippen MR) is 114 cm³/mol. The molecule has 2 aromatic carbocycles. The van der Waals surface area contributed by atoms with Crippen molar-refractivity contribution in [3.8, 4) is 6.07 Å². The summed E-state index contributed by atoms with van der Waals surface area (Å²) in [4.78, 5) is 2.20. The molecule has 0 aromatic heterocycles. The third kappa shape index (κ3) is 6.20. The van der Waals surface area contributed by atoms with Gasteiger partial charge in [0.15, 0.2) is 0 Å². The second kappa shape index (κ2) is 10.4. The largest absolute Gasteiger partial charge is 1.00 e. The van der Waals surface area contributed by atoms with Gasteiger partial charge in [-0.1, -0.05) is 11.6 Å². The maximum Gasteiger partial charge on any atom is 0.134 e. The van der Waals surface area contributed by atoms with Crippen molar-refractivity contribution in [2.45, 2.75) is 20.3 Å². The van der Waals surface area contributed by atoms with Crippen LogP contribution in [0.3, 0.4) is 0 Å². The number of nitrogens with zero attached hydrogens (tertiary/aromatic N) is 5. The Balaban J connectivity index is 0.00000392. The highest BCUT2D eigenvalue weighted by atomic mass is 35.5. The molecule has 0 aliphatic carbocycles. The Hall–Kier alpha value is -2.13. The molecule has 0 spiro atoms. The van der Waals surface area contributed by atoms with Crippen LogP contribution in [-0.4, -0.2) is 34.2 Å². The van der Waals surface area contributed by atoms with Crippen molar-refractivity contribution < 1.29 is 12.4 Å². The lowest BCUT2D eigenvalue weighted by molar-refractivity contribution is -0.00000611. The zero-order chi connectivity index (χ0) is 20.0. The molecule has 0 aliphatic heterocycles.